The third-order valence-corrected chi connectivity index (χ3v) is 2.96. The van der Waals surface area contributed by atoms with E-state index >= 15 is 0 Å². The lowest BCUT2D eigenvalue weighted by Crippen LogP contribution is -2.43. The number of rotatable bonds is 2. The molecule has 0 aromatic carbocycles. The van der Waals surface area contributed by atoms with E-state index in [0.717, 1.165) is 6.67 Å². The molecule has 0 aromatic rings. The van der Waals surface area contributed by atoms with Crippen molar-refractivity contribution < 1.29 is 0 Å². The molecule has 0 aliphatic carbocycles. The highest BCUT2D eigenvalue weighted by Gasteiger charge is 2.18. The maximum atomic E-state index is 2.58. The molecule has 0 N–H and O–H groups in total. The third-order valence-electron chi connectivity index (χ3n) is 2.96. The second-order valence-electron chi connectivity index (χ2n) is 4.66. The Morgan fingerprint density at radius 2 is 1.15 bits per heavy atom. The molecular formula is C11H24N2. The van der Waals surface area contributed by atoms with Crippen molar-refractivity contribution in [3.05, 3.63) is 0 Å². The van der Waals surface area contributed by atoms with Gasteiger partial charge in [-0.3, -0.25) is 9.80 Å². The van der Waals surface area contributed by atoms with Crippen molar-refractivity contribution in [2.45, 2.75) is 52.6 Å². The summed E-state index contributed by atoms with van der Waals surface area (Å²) >= 11 is 0. The predicted molar refractivity (Wildman–Crippen MR) is 57.8 cm³/mol. The molecule has 13 heavy (non-hydrogen) atoms. The first-order chi connectivity index (χ1) is 6.11. The van der Waals surface area contributed by atoms with Gasteiger partial charge in [-0.25, -0.2) is 0 Å². The summed E-state index contributed by atoms with van der Waals surface area (Å²) in [6.07, 6.45) is 2.72. The fourth-order valence-electron chi connectivity index (χ4n) is 1.85. The van der Waals surface area contributed by atoms with Gasteiger partial charge in [-0.2, -0.15) is 0 Å². The summed E-state index contributed by atoms with van der Waals surface area (Å²) in [4.78, 5) is 5.15. The van der Waals surface area contributed by atoms with Gasteiger partial charge in [-0.1, -0.05) is 0 Å². The van der Waals surface area contributed by atoms with Crippen LogP contribution in [-0.2, 0) is 0 Å². The number of hydrogen-bond acceptors (Lipinski definition) is 2. The monoisotopic (exact) mass is 184 g/mol. The molecule has 1 fully saturated rings. The summed E-state index contributed by atoms with van der Waals surface area (Å²) in [6.45, 7) is 12.9. The van der Waals surface area contributed by atoms with E-state index in [9.17, 15) is 0 Å². The highest BCUT2D eigenvalue weighted by molar-refractivity contribution is 4.71. The maximum Gasteiger partial charge on any atom is 0.0511 e. The van der Waals surface area contributed by atoms with Crippen LogP contribution in [0.2, 0.25) is 0 Å². The molecule has 0 atom stereocenters. The molecule has 0 radical (unpaired) electrons. The molecule has 0 bridgehead atoms. The van der Waals surface area contributed by atoms with Gasteiger partial charge in [0.15, 0.2) is 0 Å². The van der Waals surface area contributed by atoms with E-state index in [1.54, 1.807) is 0 Å². The summed E-state index contributed by atoms with van der Waals surface area (Å²) in [5.41, 5.74) is 0. The Labute approximate surface area is 82.9 Å². The van der Waals surface area contributed by atoms with Crippen LogP contribution in [0.25, 0.3) is 0 Å². The summed E-state index contributed by atoms with van der Waals surface area (Å²) < 4.78 is 0. The van der Waals surface area contributed by atoms with Crippen LogP contribution < -0.4 is 0 Å². The molecule has 1 aliphatic heterocycles. The summed E-state index contributed by atoms with van der Waals surface area (Å²) in [5.74, 6) is 0. The van der Waals surface area contributed by atoms with Gasteiger partial charge in [0.2, 0.25) is 0 Å². The van der Waals surface area contributed by atoms with E-state index in [4.69, 9.17) is 0 Å². The Morgan fingerprint density at radius 1 is 0.769 bits per heavy atom. The van der Waals surface area contributed by atoms with E-state index in [2.05, 4.69) is 37.5 Å². The quantitative estimate of drug-likeness (QED) is 0.649. The topological polar surface area (TPSA) is 6.48 Å². The van der Waals surface area contributed by atoms with Gasteiger partial charge < -0.3 is 0 Å². The van der Waals surface area contributed by atoms with Gasteiger partial charge in [0.05, 0.1) is 6.67 Å². The Bertz CT molecular complexity index is 127. The van der Waals surface area contributed by atoms with Gasteiger partial charge >= 0.3 is 0 Å². The lowest BCUT2D eigenvalue weighted by atomic mass is 10.2. The zero-order valence-electron chi connectivity index (χ0n) is 9.58. The molecule has 0 spiro atoms. The van der Waals surface area contributed by atoms with Crippen molar-refractivity contribution in [2.75, 3.05) is 19.8 Å². The van der Waals surface area contributed by atoms with Crippen LogP contribution >= 0.6 is 0 Å². The van der Waals surface area contributed by atoms with Crippen molar-refractivity contribution in [3.63, 3.8) is 0 Å². The fourth-order valence-corrected chi connectivity index (χ4v) is 1.85. The van der Waals surface area contributed by atoms with E-state index in [1.807, 2.05) is 0 Å². The van der Waals surface area contributed by atoms with E-state index in [0.29, 0.717) is 12.1 Å². The van der Waals surface area contributed by atoms with E-state index < -0.39 is 0 Å². The summed E-state index contributed by atoms with van der Waals surface area (Å²) in [7, 11) is 0. The Kier molecular flexibility index (Phi) is 4.20. The first-order valence-corrected chi connectivity index (χ1v) is 5.59. The largest absolute Gasteiger partial charge is 0.288 e. The van der Waals surface area contributed by atoms with Crippen LogP contribution in [-0.4, -0.2) is 41.6 Å². The van der Waals surface area contributed by atoms with Crippen LogP contribution in [0.4, 0.5) is 0 Å². The Balaban J connectivity index is 2.49. The molecule has 1 saturated heterocycles. The Morgan fingerprint density at radius 3 is 1.46 bits per heavy atom. The lowest BCUT2D eigenvalue weighted by molar-refractivity contribution is 0.104. The van der Waals surface area contributed by atoms with Gasteiger partial charge in [-0.05, 0) is 53.6 Å². The molecule has 0 aromatic heterocycles. The van der Waals surface area contributed by atoms with Gasteiger partial charge in [-0.15, -0.1) is 0 Å². The van der Waals surface area contributed by atoms with E-state index in [-0.39, 0.29) is 0 Å². The molecule has 0 amide bonds. The van der Waals surface area contributed by atoms with Crippen LogP contribution in [0.3, 0.4) is 0 Å². The van der Waals surface area contributed by atoms with Crippen molar-refractivity contribution >= 4 is 0 Å². The smallest absolute Gasteiger partial charge is 0.0511 e. The second-order valence-corrected chi connectivity index (χ2v) is 4.66. The first kappa shape index (κ1) is 11.0. The normalized spacial score (nSPS) is 22.6. The maximum absolute atomic E-state index is 2.58. The minimum Gasteiger partial charge on any atom is -0.288 e. The molecule has 2 heteroatoms. The highest BCUT2D eigenvalue weighted by atomic mass is 15.3. The average Bonchev–Trinajstić information content (AvgIpc) is 2.28. The van der Waals surface area contributed by atoms with Crippen molar-refractivity contribution in [1.82, 2.24) is 9.80 Å². The van der Waals surface area contributed by atoms with Crippen LogP contribution in [0, 0.1) is 0 Å². The molecular weight excluding hydrogens is 160 g/mol. The fraction of sp³-hybridized carbons (Fsp3) is 1.00. The van der Waals surface area contributed by atoms with Crippen LogP contribution in [0.15, 0.2) is 0 Å². The minimum absolute atomic E-state index is 0.694. The van der Waals surface area contributed by atoms with Crippen LogP contribution in [0.1, 0.15) is 40.5 Å². The highest BCUT2D eigenvalue weighted by Crippen LogP contribution is 2.12. The molecule has 2 nitrogen and oxygen atoms in total. The third kappa shape index (κ3) is 3.28. The SMILES string of the molecule is CC(C)N1CCCCN(C(C)C)C1. The van der Waals surface area contributed by atoms with Crippen molar-refractivity contribution in [1.29, 1.82) is 0 Å². The molecule has 1 aliphatic rings. The van der Waals surface area contributed by atoms with Gasteiger partial charge in [0, 0.05) is 12.1 Å². The standard InChI is InChI=1S/C11H24N2/c1-10(2)12-7-5-6-8-13(9-12)11(3)4/h10-11H,5-9H2,1-4H3. The lowest BCUT2D eigenvalue weighted by Gasteiger charge is -2.32. The molecule has 0 saturated carbocycles. The zero-order valence-corrected chi connectivity index (χ0v) is 9.58. The summed E-state index contributed by atoms with van der Waals surface area (Å²) in [5, 5.41) is 0. The van der Waals surface area contributed by atoms with E-state index in [1.165, 1.54) is 25.9 Å². The first-order valence-electron chi connectivity index (χ1n) is 5.59. The number of nitrogens with zero attached hydrogens (tertiary/aromatic N) is 2. The minimum atomic E-state index is 0.694. The van der Waals surface area contributed by atoms with Crippen LogP contribution in [0.5, 0.6) is 0 Å². The summed E-state index contributed by atoms with van der Waals surface area (Å²) in [6, 6.07) is 1.39. The van der Waals surface area contributed by atoms with Crippen molar-refractivity contribution in [3.8, 4) is 0 Å². The van der Waals surface area contributed by atoms with Gasteiger partial charge in [0.1, 0.15) is 0 Å². The molecule has 1 rings (SSSR count). The molecule has 78 valence electrons. The Hall–Kier alpha value is -0.0800. The number of hydrogen-bond donors (Lipinski definition) is 0. The molecule has 1 heterocycles. The molecule has 0 unspecified atom stereocenters. The zero-order chi connectivity index (χ0) is 9.84. The average molecular weight is 184 g/mol. The van der Waals surface area contributed by atoms with Gasteiger partial charge in [0.25, 0.3) is 0 Å². The second kappa shape index (κ2) is 4.97. The van der Waals surface area contributed by atoms with Crippen molar-refractivity contribution in [2.24, 2.45) is 0 Å². The predicted octanol–water partition coefficient (Wildman–Crippen LogP) is 2.16.